The van der Waals surface area contributed by atoms with E-state index in [0.29, 0.717) is 18.0 Å². The van der Waals surface area contributed by atoms with E-state index < -0.39 is 0 Å². The molecule has 4 nitrogen and oxygen atoms in total. The van der Waals surface area contributed by atoms with Crippen molar-refractivity contribution in [1.29, 1.82) is 0 Å². The maximum atomic E-state index is 5.78. The molecule has 2 aromatic rings. The highest BCUT2D eigenvalue weighted by Crippen LogP contribution is 2.25. The van der Waals surface area contributed by atoms with Crippen LogP contribution in [-0.2, 0) is 11.3 Å². The summed E-state index contributed by atoms with van der Waals surface area (Å²) in [6.45, 7) is 0.563. The van der Waals surface area contributed by atoms with E-state index in [1.54, 1.807) is 13.2 Å². The molecule has 0 unspecified atom stereocenters. The van der Waals surface area contributed by atoms with E-state index in [0.717, 1.165) is 16.9 Å². The number of hydrogen-bond donors (Lipinski definition) is 3. The topological polar surface area (TPSA) is 73.3 Å². The molecule has 5 N–H and O–H groups in total. The molecule has 2 rings (SSSR count). The summed E-state index contributed by atoms with van der Waals surface area (Å²) in [7, 11) is 1.68. The van der Waals surface area contributed by atoms with Gasteiger partial charge in [0.05, 0.1) is 18.0 Å². The summed E-state index contributed by atoms with van der Waals surface area (Å²) in [5.74, 6) is 0. The van der Waals surface area contributed by atoms with Crippen molar-refractivity contribution in [3.8, 4) is 0 Å². The Kier molecular flexibility index (Phi) is 3.69. The predicted octanol–water partition coefficient (Wildman–Crippen LogP) is 2.74. The van der Waals surface area contributed by atoms with Crippen LogP contribution in [0.5, 0.6) is 0 Å². The van der Waals surface area contributed by atoms with E-state index in [4.69, 9.17) is 16.2 Å². The maximum absolute atomic E-state index is 5.78. The molecule has 0 amide bonds. The molecule has 94 valence electrons. The lowest BCUT2D eigenvalue weighted by Crippen LogP contribution is -1.99. The van der Waals surface area contributed by atoms with Gasteiger partial charge < -0.3 is 21.5 Å². The summed E-state index contributed by atoms with van der Waals surface area (Å²) >= 11 is 0. The van der Waals surface area contributed by atoms with E-state index in [1.165, 1.54) is 0 Å². The molecule has 0 saturated heterocycles. The number of nitrogens with one attached hydrogen (secondary N) is 1. The number of nitrogens with two attached hydrogens (primary N) is 2. The number of hydrogen-bond acceptors (Lipinski definition) is 4. The Morgan fingerprint density at radius 1 is 1.06 bits per heavy atom. The Balaban J connectivity index is 2.25. The molecule has 0 radical (unpaired) electrons. The van der Waals surface area contributed by atoms with Gasteiger partial charge in [0.1, 0.15) is 0 Å². The van der Waals surface area contributed by atoms with Crippen molar-refractivity contribution in [3.05, 3.63) is 48.0 Å². The molecule has 0 aliphatic rings. The lowest BCUT2D eigenvalue weighted by molar-refractivity contribution is 0.185. The Bertz CT molecular complexity index is 540. The van der Waals surface area contributed by atoms with Crippen molar-refractivity contribution in [2.24, 2.45) is 0 Å². The van der Waals surface area contributed by atoms with Crippen molar-refractivity contribution in [1.82, 2.24) is 0 Å². The fourth-order valence-electron chi connectivity index (χ4n) is 1.73. The average molecular weight is 243 g/mol. The fourth-order valence-corrected chi connectivity index (χ4v) is 1.73. The number of methoxy groups -OCH3 is 1. The predicted molar refractivity (Wildman–Crippen MR) is 75.7 cm³/mol. The molecule has 0 atom stereocenters. The van der Waals surface area contributed by atoms with Gasteiger partial charge in [0.2, 0.25) is 0 Å². The van der Waals surface area contributed by atoms with E-state index in [-0.39, 0.29) is 0 Å². The molecule has 0 fully saturated rings. The Morgan fingerprint density at radius 2 is 1.83 bits per heavy atom. The molecule has 0 bridgehead atoms. The molecule has 4 heteroatoms. The van der Waals surface area contributed by atoms with Gasteiger partial charge in [0.25, 0.3) is 0 Å². The zero-order valence-corrected chi connectivity index (χ0v) is 10.3. The van der Waals surface area contributed by atoms with E-state index in [2.05, 4.69) is 5.32 Å². The van der Waals surface area contributed by atoms with Crippen LogP contribution < -0.4 is 16.8 Å². The first-order chi connectivity index (χ1) is 8.70. The van der Waals surface area contributed by atoms with Crippen molar-refractivity contribution in [2.45, 2.75) is 6.61 Å². The van der Waals surface area contributed by atoms with Gasteiger partial charge in [-0.25, -0.2) is 0 Å². The standard InChI is InChI=1S/C14H17N3O/c1-18-9-10-4-2-3-5-14(10)17-11-6-7-12(15)13(16)8-11/h2-8,17H,9,15-16H2,1H3. The molecule has 0 aliphatic carbocycles. The molecule has 0 spiro atoms. The van der Waals surface area contributed by atoms with E-state index in [1.807, 2.05) is 36.4 Å². The van der Waals surface area contributed by atoms with Gasteiger partial charge in [-0.05, 0) is 24.3 Å². The van der Waals surface area contributed by atoms with Crippen molar-refractivity contribution >= 4 is 22.7 Å². The third-order valence-corrected chi connectivity index (χ3v) is 2.68. The largest absolute Gasteiger partial charge is 0.397 e. The number of nitrogen functional groups attached to an aromatic ring is 2. The molecule has 2 aromatic carbocycles. The molecule has 0 aromatic heterocycles. The average Bonchev–Trinajstić information content (AvgIpc) is 2.37. The van der Waals surface area contributed by atoms with Gasteiger partial charge in [0, 0.05) is 24.0 Å². The second-order valence-corrected chi connectivity index (χ2v) is 4.06. The van der Waals surface area contributed by atoms with Crippen LogP contribution in [-0.4, -0.2) is 7.11 Å². The summed E-state index contributed by atoms with van der Waals surface area (Å²) in [5, 5.41) is 3.31. The molecule has 0 heterocycles. The SMILES string of the molecule is COCc1ccccc1Nc1ccc(N)c(N)c1. The van der Waals surface area contributed by atoms with Crippen molar-refractivity contribution in [3.63, 3.8) is 0 Å². The number of rotatable bonds is 4. The first kappa shape index (κ1) is 12.3. The summed E-state index contributed by atoms with van der Waals surface area (Å²) in [4.78, 5) is 0. The van der Waals surface area contributed by atoms with Crippen LogP contribution in [0.2, 0.25) is 0 Å². The molecule has 0 aliphatic heterocycles. The van der Waals surface area contributed by atoms with Gasteiger partial charge in [0.15, 0.2) is 0 Å². The Hall–Kier alpha value is -2.20. The summed E-state index contributed by atoms with van der Waals surface area (Å²) in [5.41, 5.74) is 15.6. The number of para-hydroxylation sites is 1. The van der Waals surface area contributed by atoms with E-state index in [9.17, 15) is 0 Å². The molecular weight excluding hydrogens is 226 g/mol. The third kappa shape index (κ3) is 2.73. The summed E-state index contributed by atoms with van der Waals surface area (Å²) < 4.78 is 5.16. The quantitative estimate of drug-likeness (QED) is 0.722. The maximum Gasteiger partial charge on any atom is 0.0733 e. The van der Waals surface area contributed by atoms with Crippen LogP contribution >= 0.6 is 0 Å². The highest BCUT2D eigenvalue weighted by molar-refractivity contribution is 5.73. The Labute approximate surface area is 107 Å². The lowest BCUT2D eigenvalue weighted by atomic mass is 10.1. The van der Waals surface area contributed by atoms with E-state index >= 15 is 0 Å². The van der Waals surface area contributed by atoms with Crippen LogP contribution in [0.4, 0.5) is 22.7 Å². The smallest absolute Gasteiger partial charge is 0.0733 e. The minimum Gasteiger partial charge on any atom is -0.397 e. The monoisotopic (exact) mass is 243 g/mol. The highest BCUT2D eigenvalue weighted by atomic mass is 16.5. The lowest BCUT2D eigenvalue weighted by Gasteiger charge is -2.12. The van der Waals surface area contributed by atoms with Crippen molar-refractivity contribution in [2.75, 3.05) is 23.9 Å². The first-order valence-corrected chi connectivity index (χ1v) is 5.69. The highest BCUT2D eigenvalue weighted by Gasteiger charge is 2.03. The second-order valence-electron chi connectivity index (χ2n) is 4.06. The van der Waals surface area contributed by atoms with Crippen LogP contribution in [0.3, 0.4) is 0 Å². The summed E-state index contributed by atoms with van der Waals surface area (Å²) in [6.07, 6.45) is 0. The van der Waals surface area contributed by atoms with Crippen LogP contribution in [0.25, 0.3) is 0 Å². The van der Waals surface area contributed by atoms with Crippen molar-refractivity contribution < 1.29 is 4.74 Å². The normalized spacial score (nSPS) is 10.3. The number of ether oxygens (including phenoxy) is 1. The van der Waals surface area contributed by atoms with Crippen LogP contribution in [0.15, 0.2) is 42.5 Å². The fraction of sp³-hybridized carbons (Fsp3) is 0.143. The van der Waals surface area contributed by atoms with Gasteiger partial charge >= 0.3 is 0 Å². The minimum atomic E-state index is 0.563. The molecule has 18 heavy (non-hydrogen) atoms. The Morgan fingerprint density at radius 3 is 2.56 bits per heavy atom. The van der Waals surface area contributed by atoms with Gasteiger partial charge in [-0.1, -0.05) is 18.2 Å². The third-order valence-electron chi connectivity index (χ3n) is 2.68. The zero-order chi connectivity index (χ0) is 13.0. The second kappa shape index (κ2) is 5.42. The minimum absolute atomic E-state index is 0.563. The number of benzene rings is 2. The van der Waals surface area contributed by atoms with Crippen LogP contribution in [0, 0.1) is 0 Å². The number of anilines is 4. The zero-order valence-electron chi connectivity index (χ0n) is 10.3. The van der Waals surface area contributed by atoms with Crippen LogP contribution in [0.1, 0.15) is 5.56 Å². The van der Waals surface area contributed by atoms with Gasteiger partial charge in [-0.15, -0.1) is 0 Å². The summed E-state index contributed by atoms with van der Waals surface area (Å²) in [6, 6.07) is 13.5. The van der Waals surface area contributed by atoms with Gasteiger partial charge in [-0.3, -0.25) is 0 Å². The molecule has 0 saturated carbocycles. The molecular formula is C14H17N3O. The van der Waals surface area contributed by atoms with Gasteiger partial charge in [-0.2, -0.15) is 0 Å². The first-order valence-electron chi connectivity index (χ1n) is 5.69.